The van der Waals surface area contributed by atoms with Crippen LogP contribution in [0.3, 0.4) is 0 Å². The summed E-state index contributed by atoms with van der Waals surface area (Å²) in [5, 5.41) is 2.77. The van der Waals surface area contributed by atoms with Crippen molar-refractivity contribution in [1.82, 2.24) is 5.32 Å². The normalized spacial score (nSPS) is 10.0. The van der Waals surface area contributed by atoms with Crippen LogP contribution in [0.2, 0.25) is 0 Å². The molecular formula is C12H17BrN2O2. The fourth-order valence-electron chi connectivity index (χ4n) is 1.25. The van der Waals surface area contributed by atoms with E-state index in [1.54, 1.807) is 12.1 Å². The highest BCUT2D eigenvalue weighted by atomic mass is 79.9. The van der Waals surface area contributed by atoms with Crippen molar-refractivity contribution < 1.29 is 9.53 Å². The molecule has 0 radical (unpaired) electrons. The van der Waals surface area contributed by atoms with Crippen LogP contribution in [0.4, 0.5) is 5.69 Å². The molecule has 0 bridgehead atoms. The summed E-state index contributed by atoms with van der Waals surface area (Å²) in [4.78, 5) is 11.4. The van der Waals surface area contributed by atoms with Crippen LogP contribution in [-0.2, 0) is 4.79 Å². The van der Waals surface area contributed by atoms with Gasteiger partial charge in [-0.05, 0) is 24.6 Å². The molecule has 0 aliphatic carbocycles. The number of rotatable bonds is 6. The first kappa shape index (κ1) is 13.8. The summed E-state index contributed by atoms with van der Waals surface area (Å²) in [5.74, 6) is 0.402. The number of halogens is 1. The Hall–Kier alpha value is -1.23. The van der Waals surface area contributed by atoms with Crippen molar-refractivity contribution in [3.63, 3.8) is 0 Å². The van der Waals surface area contributed by atoms with Gasteiger partial charge in [-0.15, -0.1) is 0 Å². The highest BCUT2D eigenvalue weighted by Gasteiger charge is 2.04. The molecule has 0 saturated carbocycles. The molecule has 0 aliphatic heterocycles. The van der Waals surface area contributed by atoms with Gasteiger partial charge in [-0.1, -0.05) is 29.3 Å². The zero-order chi connectivity index (χ0) is 12.7. The molecule has 0 fully saturated rings. The summed E-state index contributed by atoms with van der Waals surface area (Å²) < 4.78 is 6.21. The number of hydrogen-bond donors (Lipinski definition) is 2. The molecule has 0 atom stereocenters. The second kappa shape index (κ2) is 7.17. The van der Waals surface area contributed by atoms with Crippen LogP contribution in [0.15, 0.2) is 22.7 Å². The molecule has 3 N–H and O–H groups in total. The fourth-order valence-corrected chi connectivity index (χ4v) is 1.63. The van der Waals surface area contributed by atoms with Gasteiger partial charge in [0.05, 0.1) is 5.69 Å². The lowest BCUT2D eigenvalue weighted by atomic mass is 10.3. The maximum atomic E-state index is 11.4. The number of ether oxygens (including phenoxy) is 1. The van der Waals surface area contributed by atoms with E-state index in [0.717, 1.165) is 17.3 Å². The summed E-state index contributed by atoms with van der Waals surface area (Å²) in [6, 6.07) is 5.30. The molecule has 5 heteroatoms. The van der Waals surface area contributed by atoms with E-state index in [9.17, 15) is 4.79 Å². The fraction of sp³-hybridized carbons (Fsp3) is 0.417. The van der Waals surface area contributed by atoms with Gasteiger partial charge in [-0.3, -0.25) is 4.79 Å². The van der Waals surface area contributed by atoms with Crippen molar-refractivity contribution in [1.29, 1.82) is 0 Å². The van der Waals surface area contributed by atoms with Gasteiger partial charge in [0.15, 0.2) is 6.61 Å². The van der Waals surface area contributed by atoms with Gasteiger partial charge >= 0.3 is 0 Å². The van der Waals surface area contributed by atoms with Gasteiger partial charge in [-0.2, -0.15) is 0 Å². The Morgan fingerprint density at radius 2 is 2.29 bits per heavy atom. The predicted molar refractivity (Wildman–Crippen MR) is 72.0 cm³/mol. The smallest absolute Gasteiger partial charge is 0.257 e. The Kier molecular flexibility index (Phi) is 5.83. The van der Waals surface area contributed by atoms with Crippen molar-refractivity contribution in [2.75, 3.05) is 18.9 Å². The first-order valence-corrected chi connectivity index (χ1v) is 6.37. The monoisotopic (exact) mass is 300 g/mol. The van der Waals surface area contributed by atoms with Crippen molar-refractivity contribution in [2.24, 2.45) is 0 Å². The van der Waals surface area contributed by atoms with E-state index in [0.29, 0.717) is 18.0 Å². The summed E-state index contributed by atoms with van der Waals surface area (Å²) in [7, 11) is 0. The molecule has 4 nitrogen and oxygen atoms in total. The van der Waals surface area contributed by atoms with Crippen LogP contribution in [0, 0.1) is 0 Å². The first-order chi connectivity index (χ1) is 8.13. The van der Waals surface area contributed by atoms with Crippen molar-refractivity contribution >= 4 is 27.5 Å². The van der Waals surface area contributed by atoms with Gasteiger partial charge in [0.1, 0.15) is 5.75 Å². The Morgan fingerprint density at radius 3 is 2.94 bits per heavy atom. The van der Waals surface area contributed by atoms with Crippen LogP contribution in [0.5, 0.6) is 5.75 Å². The third-order valence-electron chi connectivity index (χ3n) is 2.18. The lowest BCUT2D eigenvalue weighted by Gasteiger charge is -2.09. The average molecular weight is 301 g/mol. The zero-order valence-corrected chi connectivity index (χ0v) is 11.4. The molecule has 0 unspecified atom stereocenters. The van der Waals surface area contributed by atoms with Crippen molar-refractivity contribution in [3.8, 4) is 5.75 Å². The number of carbonyl (C=O) groups is 1. The molecule has 0 heterocycles. The maximum Gasteiger partial charge on any atom is 0.257 e. The molecule has 1 aromatic rings. The number of anilines is 1. The highest BCUT2D eigenvalue weighted by molar-refractivity contribution is 9.10. The van der Waals surface area contributed by atoms with Gasteiger partial charge in [0.2, 0.25) is 0 Å². The summed E-state index contributed by atoms with van der Waals surface area (Å²) in [6.45, 7) is 2.76. The maximum absolute atomic E-state index is 11.4. The largest absolute Gasteiger partial charge is 0.482 e. The lowest BCUT2D eigenvalue weighted by Crippen LogP contribution is -2.29. The molecule has 17 heavy (non-hydrogen) atoms. The van der Waals surface area contributed by atoms with Gasteiger partial charge in [0.25, 0.3) is 5.91 Å². The van der Waals surface area contributed by atoms with E-state index >= 15 is 0 Å². The minimum Gasteiger partial charge on any atom is -0.482 e. The Balaban J connectivity index is 2.37. The second-order valence-electron chi connectivity index (χ2n) is 3.67. The standard InChI is InChI=1S/C12H17BrN2O2/c1-2-3-6-15-12(16)8-17-11-5-4-9(13)7-10(11)14/h4-5,7H,2-3,6,8,14H2,1H3,(H,15,16). The molecule has 0 aromatic heterocycles. The number of nitrogens with two attached hydrogens (primary N) is 1. The Bertz CT molecular complexity index is 383. The van der Waals surface area contributed by atoms with E-state index in [1.165, 1.54) is 0 Å². The molecule has 0 spiro atoms. The SMILES string of the molecule is CCCCNC(=O)COc1ccc(Br)cc1N. The molecule has 1 aromatic carbocycles. The van der Waals surface area contributed by atoms with Crippen LogP contribution >= 0.6 is 15.9 Å². The summed E-state index contributed by atoms with van der Waals surface area (Å²) in [5.41, 5.74) is 6.26. The van der Waals surface area contributed by atoms with Gasteiger partial charge in [-0.25, -0.2) is 0 Å². The quantitative estimate of drug-likeness (QED) is 0.626. The Labute approximate surface area is 110 Å². The van der Waals surface area contributed by atoms with Gasteiger partial charge in [0, 0.05) is 11.0 Å². The summed E-state index contributed by atoms with van der Waals surface area (Å²) >= 11 is 3.30. The van der Waals surface area contributed by atoms with E-state index in [2.05, 4.69) is 28.2 Å². The minimum absolute atomic E-state index is 0.00442. The van der Waals surface area contributed by atoms with E-state index in [-0.39, 0.29) is 12.5 Å². The van der Waals surface area contributed by atoms with Crippen molar-refractivity contribution in [2.45, 2.75) is 19.8 Å². The van der Waals surface area contributed by atoms with Crippen LogP contribution in [0.1, 0.15) is 19.8 Å². The number of unbranched alkanes of at least 4 members (excludes halogenated alkanes) is 1. The highest BCUT2D eigenvalue weighted by Crippen LogP contribution is 2.24. The molecule has 94 valence electrons. The minimum atomic E-state index is -0.124. The molecule has 0 saturated heterocycles. The van der Waals surface area contributed by atoms with E-state index in [4.69, 9.17) is 10.5 Å². The van der Waals surface area contributed by atoms with Gasteiger partial charge < -0.3 is 15.8 Å². The topological polar surface area (TPSA) is 64.3 Å². The lowest BCUT2D eigenvalue weighted by molar-refractivity contribution is -0.123. The second-order valence-corrected chi connectivity index (χ2v) is 4.59. The number of nitrogens with one attached hydrogen (secondary N) is 1. The average Bonchev–Trinajstić information content (AvgIpc) is 2.28. The van der Waals surface area contributed by atoms with E-state index in [1.807, 2.05) is 6.07 Å². The van der Waals surface area contributed by atoms with Crippen LogP contribution in [-0.4, -0.2) is 19.1 Å². The third kappa shape index (κ3) is 5.08. The Morgan fingerprint density at radius 1 is 1.53 bits per heavy atom. The number of amides is 1. The van der Waals surface area contributed by atoms with E-state index < -0.39 is 0 Å². The molecule has 0 aliphatic rings. The third-order valence-corrected chi connectivity index (χ3v) is 2.68. The summed E-state index contributed by atoms with van der Waals surface area (Å²) in [6.07, 6.45) is 2.03. The van der Waals surface area contributed by atoms with Crippen LogP contribution < -0.4 is 15.8 Å². The zero-order valence-electron chi connectivity index (χ0n) is 9.83. The number of benzene rings is 1. The predicted octanol–water partition coefficient (Wildman–Crippen LogP) is 2.33. The number of nitrogen functional groups attached to an aromatic ring is 1. The van der Waals surface area contributed by atoms with Crippen LogP contribution in [0.25, 0.3) is 0 Å². The molecule has 1 rings (SSSR count). The number of hydrogen-bond acceptors (Lipinski definition) is 3. The van der Waals surface area contributed by atoms with Crippen molar-refractivity contribution in [3.05, 3.63) is 22.7 Å². The number of carbonyl (C=O) groups excluding carboxylic acids is 1. The molecular weight excluding hydrogens is 284 g/mol. The first-order valence-electron chi connectivity index (χ1n) is 5.58. The molecule has 1 amide bonds.